The molecule has 0 fully saturated rings. The van der Waals surface area contributed by atoms with Gasteiger partial charge in [-0.2, -0.15) is 0 Å². The minimum Gasteiger partial charge on any atom is -0.479 e. The van der Waals surface area contributed by atoms with Crippen LogP contribution in [0.25, 0.3) is 0 Å². The first-order valence-electron chi connectivity index (χ1n) is 4.19. The summed E-state index contributed by atoms with van der Waals surface area (Å²) in [5, 5.41) is 8.81. The van der Waals surface area contributed by atoms with Crippen molar-refractivity contribution in [2.24, 2.45) is 4.99 Å². The van der Waals surface area contributed by atoms with Crippen LogP contribution in [0.15, 0.2) is 29.3 Å². The van der Waals surface area contributed by atoms with Crippen LogP contribution in [-0.2, 0) is 10.5 Å². The molecule has 1 heterocycles. The average Bonchev–Trinajstić information content (AvgIpc) is 2.18. The first kappa shape index (κ1) is 8.87. The lowest BCUT2D eigenvalue weighted by Gasteiger charge is -2.23. The number of hydrogen-bond acceptors (Lipinski definition) is 2. The maximum atomic E-state index is 14.0. The fourth-order valence-corrected chi connectivity index (χ4v) is 1.50. The number of hydrogen-bond donors (Lipinski definition) is 1. The average molecular weight is 193 g/mol. The molecule has 0 amide bonds. The standard InChI is InChI=1S/C10H8FNO2/c11-10(9(13)14)5-6-12-8-4-2-1-3-7(8)10/h1-4,6H,5H2,(H,13,14). The molecule has 1 aromatic rings. The monoisotopic (exact) mass is 193 g/mol. The maximum absolute atomic E-state index is 14.0. The van der Waals surface area contributed by atoms with Gasteiger partial charge in [0.25, 0.3) is 0 Å². The van der Waals surface area contributed by atoms with Crippen LogP contribution in [0, 0.1) is 0 Å². The number of rotatable bonds is 1. The Bertz CT molecular complexity index is 416. The van der Waals surface area contributed by atoms with Gasteiger partial charge in [0.1, 0.15) is 0 Å². The van der Waals surface area contributed by atoms with Gasteiger partial charge >= 0.3 is 5.97 Å². The Hall–Kier alpha value is -1.71. The molecule has 1 unspecified atom stereocenters. The molecule has 0 bridgehead atoms. The number of para-hydroxylation sites is 1. The van der Waals surface area contributed by atoms with Gasteiger partial charge in [0, 0.05) is 18.2 Å². The lowest BCUT2D eigenvalue weighted by Crippen LogP contribution is -2.32. The van der Waals surface area contributed by atoms with E-state index in [1.165, 1.54) is 12.3 Å². The van der Waals surface area contributed by atoms with E-state index in [4.69, 9.17) is 5.11 Å². The molecule has 0 saturated heterocycles. The molecule has 4 heteroatoms. The van der Waals surface area contributed by atoms with Crippen LogP contribution in [0.3, 0.4) is 0 Å². The normalized spacial score (nSPS) is 24.4. The highest BCUT2D eigenvalue weighted by molar-refractivity contribution is 5.88. The largest absolute Gasteiger partial charge is 0.479 e. The number of alkyl halides is 1. The van der Waals surface area contributed by atoms with Gasteiger partial charge in [-0.3, -0.25) is 4.99 Å². The molecular formula is C10H8FNO2. The zero-order valence-electron chi connectivity index (χ0n) is 7.27. The van der Waals surface area contributed by atoms with Crippen molar-refractivity contribution in [2.45, 2.75) is 12.1 Å². The quantitative estimate of drug-likeness (QED) is 0.741. The summed E-state index contributed by atoms with van der Waals surface area (Å²) in [5.74, 6) is -1.46. The predicted octanol–water partition coefficient (Wildman–Crippen LogP) is 2.04. The number of fused-ring (bicyclic) bond motifs is 1. The molecule has 0 spiro atoms. The fraction of sp³-hybridized carbons (Fsp3) is 0.200. The SMILES string of the molecule is O=C(O)C1(F)CC=Nc2ccccc21. The molecule has 1 atom stereocenters. The highest BCUT2D eigenvalue weighted by atomic mass is 19.1. The topological polar surface area (TPSA) is 49.7 Å². The van der Waals surface area contributed by atoms with Crippen molar-refractivity contribution >= 4 is 17.9 Å². The van der Waals surface area contributed by atoms with Gasteiger partial charge < -0.3 is 5.11 Å². The van der Waals surface area contributed by atoms with Crippen LogP contribution in [0.5, 0.6) is 0 Å². The number of carboxylic acids is 1. The van der Waals surface area contributed by atoms with E-state index in [-0.39, 0.29) is 12.0 Å². The van der Waals surface area contributed by atoms with Gasteiger partial charge in [-0.05, 0) is 6.07 Å². The second-order valence-electron chi connectivity index (χ2n) is 3.14. The number of carbonyl (C=O) groups is 1. The lowest BCUT2D eigenvalue weighted by atomic mass is 9.89. The van der Waals surface area contributed by atoms with E-state index in [1.54, 1.807) is 18.2 Å². The van der Waals surface area contributed by atoms with Gasteiger partial charge in [0.15, 0.2) is 0 Å². The Kier molecular flexibility index (Phi) is 1.84. The number of nitrogens with zero attached hydrogens (tertiary/aromatic N) is 1. The highest BCUT2D eigenvalue weighted by Crippen LogP contribution is 2.38. The Balaban J connectivity index is 2.61. The summed E-state index contributed by atoms with van der Waals surface area (Å²) in [7, 11) is 0. The Morgan fingerprint density at radius 3 is 2.93 bits per heavy atom. The summed E-state index contributed by atoms with van der Waals surface area (Å²) in [4.78, 5) is 14.7. The van der Waals surface area contributed by atoms with Crippen molar-refractivity contribution in [1.82, 2.24) is 0 Å². The van der Waals surface area contributed by atoms with E-state index >= 15 is 0 Å². The van der Waals surface area contributed by atoms with Crippen molar-refractivity contribution in [2.75, 3.05) is 0 Å². The van der Waals surface area contributed by atoms with Gasteiger partial charge in [-0.1, -0.05) is 18.2 Å². The summed E-state index contributed by atoms with van der Waals surface area (Å²) in [6.07, 6.45) is 1.09. The molecule has 0 saturated carbocycles. The van der Waals surface area contributed by atoms with E-state index < -0.39 is 11.6 Å². The second-order valence-corrected chi connectivity index (χ2v) is 3.14. The van der Waals surface area contributed by atoms with Crippen molar-refractivity contribution in [3.8, 4) is 0 Å². The van der Waals surface area contributed by atoms with Crippen LogP contribution < -0.4 is 0 Å². The van der Waals surface area contributed by atoms with Gasteiger partial charge in [-0.25, -0.2) is 9.18 Å². The summed E-state index contributed by atoms with van der Waals surface area (Å²) in [6, 6.07) is 6.36. The highest BCUT2D eigenvalue weighted by Gasteiger charge is 2.43. The zero-order chi connectivity index (χ0) is 10.2. The van der Waals surface area contributed by atoms with Crippen LogP contribution in [-0.4, -0.2) is 17.3 Å². The smallest absolute Gasteiger partial charge is 0.346 e. The molecular weight excluding hydrogens is 185 g/mol. The molecule has 2 rings (SSSR count). The number of carboxylic acid groups (broad SMARTS) is 1. The van der Waals surface area contributed by atoms with Crippen LogP contribution in [0.1, 0.15) is 12.0 Å². The fourth-order valence-electron chi connectivity index (χ4n) is 1.50. The first-order valence-corrected chi connectivity index (χ1v) is 4.19. The van der Waals surface area contributed by atoms with Crippen LogP contribution >= 0.6 is 0 Å². The van der Waals surface area contributed by atoms with Gasteiger partial charge in [0.2, 0.25) is 5.67 Å². The number of aliphatic carboxylic acids is 1. The third-order valence-corrected chi connectivity index (χ3v) is 2.27. The minimum absolute atomic E-state index is 0.134. The van der Waals surface area contributed by atoms with E-state index in [1.807, 2.05) is 0 Å². The van der Waals surface area contributed by atoms with Crippen LogP contribution in [0.4, 0.5) is 10.1 Å². The lowest BCUT2D eigenvalue weighted by molar-refractivity contribution is -0.151. The molecule has 3 nitrogen and oxygen atoms in total. The molecule has 14 heavy (non-hydrogen) atoms. The van der Waals surface area contributed by atoms with Gasteiger partial charge in [-0.15, -0.1) is 0 Å². The Labute approximate surface area is 79.9 Å². The van der Waals surface area contributed by atoms with E-state index in [0.29, 0.717) is 5.69 Å². The van der Waals surface area contributed by atoms with Gasteiger partial charge in [0.05, 0.1) is 5.69 Å². The van der Waals surface area contributed by atoms with E-state index in [9.17, 15) is 9.18 Å². The minimum atomic E-state index is -2.32. The van der Waals surface area contributed by atoms with E-state index in [0.717, 1.165) is 0 Å². The number of benzene rings is 1. The summed E-state index contributed by atoms with van der Waals surface area (Å²) < 4.78 is 14.0. The molecule has 1 aromatic carbocycles. The van der Waals surface area contributed by atoms with Crippen molar-refractivity contribution in [3.05, 3.63) is 29.8 Å². The van der Waals surface area contributed by atoms with Crippen molar-refractivity contribution in [1.29, 1.82) is 0 Å². The predicted molar refractivity (Wildman–Crippen MR) is 49.6 cm³/mol. The second kappa shape index (κ2) is 2.90. The number of aliphatic imine (C=N–C) groups is 1. The molecule has 0 radical (unpaired) electrons. The molecule has 1 N–H and O–H groups in total. The third-order valence-electron chi connectivity index (χ3n) is 2.27. The van der Waals surface area contributed by atoms with Crippen molar-refractivity contribution in [3.63, 3.8) is 0 Å². The summed E-state index contributed by atoms with van der Waals surface area (Å²) in [6.45, 7) is 0. The van der Waals surface area contributed by atoms with Crippen LogP contribution in [0.2, 0.25) is 0 Å². The molecule has 0 aliphatic carbocycles. The maximum Gasteiger partial charge on any atom is 0.346 e. The summed E-state index contributed by atoms with van der Waals surface area (Å²) >= 11 is 0. The summed E-state index contributed by atoms with van der Waals surface area (Å²) in [5.41, 5.74) is -1.79. The van der Waals surface area contributed by atoms with E-state index in [2.05, 4.69) is 4.99 Å². The Morgan fingerprint density at radius 1 is 1.50 bits per heavy atom. The Morgan fingerprint density at radius 2 is 2.21 bits per heavy atom. The number of halogens is 1. The zero-order valence-corrected chi connectivity index (χ0v) is 7.27. The molecule has 0 aromatic heterocycles. The molecule has 1 aliphatic rings. The molecule has 1 aliphatic heterocycles. The van der Waals surface area contributed by atoms with Crippen molar-refractivity contribution < 1.29 is 14.3 Å². The molecule has 72 valence electrons. The third kappa shape index (κ3) is 1.11. The first-order chi connectivity index (χ1) is 6.64.